The molecule has 0 radical (unpaired) electrons. The van der Waals surface area contributed by atoms with Crippen LogP contribution in [0.4, 0.5) is 0 Å². The maximum Gasteiger partial charge on any atom is 0.234 e. The summed E-state index contributed by atoms with van der Waals surface area (Å²) in [7, 11) is 0. The summed E-state index contributed by atoms with van der Waals surface area (Å²) >= 11 is 0. The van der Waals surface area contributed by atoms with Gasteiger partial charge in [0.1, 0.15) is 12.4 Å². The summed E-state index contributed by atoms with van der Waals surface area (Å²) in [6.07, 6.45) is 1.47. The molecule has 4 N–H and O–H groups in total. The zero-order chi connectivity index (χ0) is 14.0. The third kappa shape index (κ3) is 2.77. The molecule has 1 amide bonds. The zero-order valence-corrected chi connectivity index (χ0v) is 10.3. The topological polar surface area (TPSA) is 117 Å². The minimum Gasteiger partial charge on any atom is -0.502 e. The number of aliphatic hydroxyl groups excluding tert-OH is 1. The monoisotopic (exact) mass is 268 g/mol. The molecule has 1 atom stereocenters. The van der Waals surface area contributed by atoms with Crippen LogP contribution in [0, 0.1) is 0 Å². The van der Waals surface area contributed by atoms with Gasteiger partial charge in [-0.2, -0.15) is 0 Å². The smallest absolute Gasteiger partial charge is 0.234 e. The van der Waals surface area contributed by atoms with E-state index < -0.39 is 29.7 Å². The Morgan fingerprint density at radius 2 is 2.32 bits per heavy atom. The number of likely N-dealkylation sites (tertiary alicyclic amines) is 1. The molecule has 0 aromatic carbocycles. The fourth-order valence-corrected chi connectivity index (χ4v) is 2.30. The Balaban J connectivity index is 2.25. The summed E-state index contributed by atoms with van der Waals surface area (Å²) in [6, 6.07) is 0.622. The Hall–Kier alpha value is -1.86. The van der Waals surface area contributed by atoms with Crippen molar-refractivity contribution in [3.8, 4) is 5.75 Å². The van der Waals surface area contributed by atoms with E-state index in [4.69, 9.17) is 15.3 Å². The molecule has 1 saturated heterocycles. The van der Waals surface area contributed by atoms with Crippen molar-refractivity contribution in [2.75, 3.05) is 6.54 Å². The molecule has 1 aromatic rings. The lowest BCUT2D eigenvalue weighted by Crippen LogP contribution is -2.39. The molecule has 0 saturated carbocycles. The maximum absolute atomic E-state index is 11.5. The van der Waals surface area contributed by atoms with E-state index in [0.29, 0.717) is 13.0 Å². The molecule has 1 aliphatic heterocycles. The quantitative estimate of drug-likeness (QED) is 0.664. The normalized spacial score (nSPS) is 19.7. The zero-order valence-electron chi connectivity index (χ0n) is 10.3. The van der Waals surface area contributed by atoms with Crippen molar-refractivity contribution < 1.29 is 19.4 Å². The van der Waals surface area contributed by atoms with Crippen LogP contribution in [0.2, 0.25) is 0 Å². The fraction of sp³-hybridized carbons (Fsp3) is 0.500. The number of rotatable bonds is 4. The van der Waals surface area contributed by atoms with Gasteiger partial charge in [0.25, 0.3) is 0 Å². The van der Waals surface area contributed by atoms with Gasteiger partial charge >= 0.3 is 0 Å². The van der Waals surface area contributed by atoms with E-state index in [1.54, 1.807) is 4.90 Å². The maximum atomic E-state index is 11.5. The molecule has 0 bridgehead atoms. The Kier molecular flexibility index (Phi) is 3.87. The average molecular weight is 268 g/mol. The minimum atomic E-state index is -0.611. The first-order valence-electron chi connectivity index (χ1n) is 6.02. The number of carbonyl (C=O) groups excluding carboxylic acids is 1. The molecule has 1 aliphatic rings. The summed E-state index contributed by atoms with van der Waals surface area (Å²) in [5.41, 5.74) is 4.68. The third-order valence-electron chi connectivity index (χ3n) is 3.24. The number of carbonyl (C=O) groups is 1. The number of nitrogens with zero attached hydrogens (tertiary/aromatic N) is 1. The number of amides is 1. The Labute approximate surface area is 109 Å². The van der Waals surface area contributed by atoms with Crippen molar-refractivity contribution in [2.45, 2.75) is 32.0 Å². The van der Waals surface area contributed by atoms with Gasteiger partial charge in [0, 0.05) is 6.07 Å². The van der Waals surface area contributed by atoms with E-state index in [-0.39, 0.29) is 18.1 Å². The van der Waals surface area contributed by atoms with E-state index in [9.17, 15) is 14.7 Å². The average Bonchev–Trinajstić information content (AvgIpc) is 2.82. The van der Waals surface area contributed by atoms with Crippen LogP contribution in [-0.4, -0.2) is 33.6 Å². The van der Waals surface area contributed by atoms with Crippen LogP contribution in [0.5, 0.6) is 5.75 Å². The Morgan fingerprint density at radius 3 is 2.95 bits per heavy atom. The first kappa shape index (κ1) is 13.6. The van der Waals surface area contributed by atoms with Crippen LogP contribution in [-0.2, 0) is 17.9 Å². The molecular formula is C12H16N2O5. The first-order chi connectivity index (χ1) is 9.02. The molecule has 0 spiro atoms. The number of aliphatic hydroxyl groups is 1. The number of hydrogen-bond donors (Lipinski definition) is 3. The SMILES string of the molecule is NC(=O)C1CCCN1Cc1oc(CO)cc(=O)c1O. The molecule has 2 rings (SSSR count). The summed E-state index contributed by atoms with van der Waals surface area (Å²) in [5, 5.41) is 18.6. The van der Waals surface area contributed by atoms with E-state index in [2.05, 4.69) is 0 Å². The second-order valence-corrected chi connectivity index (χ2v) is 4.54. The van der Waals surface area contributed by atoms with Gasteiger partial charge in [0.05, 0.1) is 12.6 Å². The van der Waals surface area contributed by atoms with Crippen LogP contribution < -0.4 is 11.2 Å². The fourth-order valence-electron chi connectivity index (χ4n) is 2.30. The molecule has 0 aliphatic carbocycles. The molecule has 1 fully saturated rings. The van der Waals surface area contributed by atoms with Gasteiger partial charge in [-0.3, -0.25) is 14.5 Å². The summed E-state index contributed by atoms with van der Waals surface area (Å²) < 4.78 is 5.23. The van der Waals surface area contributed by atoms with Crippen LogP contribution >= 0.6 is 0 Å². The highest BCUT2D eigenvalue weighted by molar-refractivity contribution is 5.80. The first-order valence-corrected chi connectivity index (χ1v) is 6.02. The van der Waals surface area contributed by atoms with E-state index in [1.165, 1.54) is 0 Å². The lowest BCUT2D eigenvalue weighted by Gasteiger charge is -2.21. The number of hydrogen-bond acceptors (Lipinski definition) is 6. The number of nitrogens with two attached hydrogens (primary N) is 1. The molecule has 7 nitrogen and oxygen atoms in total. The number of aromatic hydroxyl groups is 1. The Bertz CT molecular complexity index is 539. The van der Waals surface area contributed by atoms with Gasteiger partial charge in [0.15, 0.2) is 5.76 Å². The van der Waals surface area contributed by atoms with Crippen LogP contribution in [0.1, 0.15) is 24.4 Å². The van der Waals surface area contributed by atoms with Crippen molar-refractivity contribution in [3.63, 3.8) is 0 Å². The minimum absolute atomic E-state index is 0.0460. The van der Waals surface area contributed by atoms with Gasteiger partial charge in [-0.05, 0) is 19.4 Å². The molecule has 104 valence electrons. The van der Waals surface area contributed by atoms with Gasteiger partial charge < -0.3 is 20.4 Å². The number of primary amides is 1. The van der Waals surface area contributed by atoms with Crippen molar-refractivity contribution in [1.29, 1.82) is 0 Å². The second-order valence-electron chi connectivity index (χ2n) is 4.54. The van der Waals surface area contributed by atoms with Crippen molar-refractivity contribution >= 4 is 5.91 Å². The van der Waals surface area contributed by atoms with Gasteiger partial charge in [-0.15, -0.1) is 0 Å². The third-order valence-corrected chi connectivity index (χ3v) is 3.24. The molecule has 1 unspecified atom stereocenters. The van der Waals surface area contributed by atoms with Crippen LogP contribution in [0.25, 0.3) is 0 Å². The lowest BCUT2D eigenvalue weighted by molar-refractivity contribution is -0.122. The predicted molar refractivity (Wildman–Crippen MR) is 65.2 cm³/mol. The Morgan fingerprint density at radius 1 is 1.58 bits per heavy atom. The summed E-state index contributed by atoms with van der Waals surface area (Å²) in [6.45, 7) is 0.324. The summed E-state index contributed by atoms with van der Waals surface area (Å²) in [4.78, 5) is 24.5. The molecule has 19 heavy (non-hydrogen) atoms. The highest BCUT2D eigenvalue weighted by Gasteiger charge is 2.30. The van der Waals surface area contributed by atoms with Crippen LogP contribution in [0.3, 0.4) is 0 Å². The molecule has 1 aromatic heterocycles. The highest BCUT2D eigenvalue weighted by Crippen LogP contribution is 2.23. The molecular weight excluding hydrogens is 252 g/mol. The highest BCUT2D eigenvalue weighted by atomic mass is 16.4. The van der Waals surface area contributed by atoms with Crippen molar-refractivity contribution in [1.82, 2.24) is 4.90 Å². The molecule has 2 heterocycles. The van der Waals surface area contributed by atoms with Gasteiger partial charge in [-0.1, -0.05) is 0 Å². The van der Waals surface area contributed by atoms with Gasteiger partial charge in [0.2, 0.25) is 17.1 Å². The van der Waals surface area contributed by atoms with Crippen molar-refractivity contribution in [3.05, 3.63) is 27.8 Å². The van der Waals surface area contributed by atoms with E-state index in [0.717, 1.165) is 12.5 Å². The standard InChI is InChI=1S/C12H16N2O5/c13-12(18)8-2-1-3-14(8)5-10-11(17)9(16)4-7(6-15)19-10/h4,8,15,17H,1-3,5-6H2,(H2,13,18). The van der Waals surface area contributed by atoms with Crippen molar-refractivity contribution in [2.24, 2.45) is 5.73 Å². The second kappa shape index (κ2) is 5.41. The van der Waals surface area contributed by atoms with E-state index >= 15 is 0 Å². The van der Waals surface area contributed by atoms with Crippen LogP contribution in [0.15, 0.2) is 15.3 Å². The largest absolute Gasteiger partial charge is 0.502 e. The lowest BCUT2D eigenvalue weighted by atomic mass is 10.2. The van der Waals surface area contributed by atoms with Gasteiger partial charge in [-0.25, -0.2) is 0 Å². The predicted octanol–water partition coefficient (Wildman–Crippen LogP) is -0.713. The summed E-state index contributed by atoms with van der Waals surface area (Å²) in [5.74, 6) is -0.803. The molecule has 7 heteroatoms. The van der Waals surface area contributed by atoms with E-state index in [1.807, 2.05) is 0 Å².